The maximum atomic E-state index is 9.02. The molecule has 0 amide bonds. The Hall–Kier alpha value is -5.15. The molecule has 0 aliphatic carbocycles. The number of fused-ring (bicyclic) bond motifs is 4. The van der Waals surface area contributed by atoms with Crippen LogP contribution in [0, 0.1) is 12.1 Å². The van der Waals surface area contributed by atoms with Gasteiger partial charge in [0.1, 0.15) is 11.5 Å². The Morgan fingerprint density at radius 2 is 1.54 bits per heavy atom. The predicted molar refractivity (Wildman–Crippen MR) is 199 cm³/mol. The third kappa shape index (κ3) is 6.00. The molecule has 1 aliphatic rings. The number of aromatic nitrogens is 3. The third-order valence-electron chi connectivity index (χ3n) is 8.28. The van der Waals surface area contributed by atoms with Crippen LogP contribution < -0.4 is 13.9 Å². The first-order valence-electron chi connectivity index (χ1n) is 22.0. The summed E-state index contributed by atoms with van der Waals surface area (Å²) in [7, 11) is 0. The Bertz CT molecular complexity index is 2990. The van der Waals surface area contributed by atoms with E-state index < -0.39 is 61.4 Å². The average Bonchev–Trinajstić information content (AvgIpc) is 3.73. The number of hydrogen-bond donors (Lipinski definition) is 0. The Morgan fingerprint density at radius 3 is 2.30 bits per heavy atom. The van der Waals surface area contributed by atoms with Gasteiger partial charge < -0.3 is 9.30 Å². The Labute approximate surface area is 325 Å². The first kappa shape index (κ1) is 21.2. The average molecular weight is 848 g/mol. The zero-order valence-electron chi connectivity index (χ0n) is 40.1. The summed E-state index contributed by atoms with van der Waals surface area (Å²) in [5.41, 5.74) is -1.70. The molecule has 50 heavy (non-hydrogen) atoms. The van der Waals surface area contributed by atoms with Gasteiger partial charge in [0.15, 0.2) is 0 Å². The maximum absolute atomic E-state index is 9.02. The van der Waals surface area contributed by atoms with Crippen LogP contribution in [0.3, 0.4) is 0 Å². The predicted octanol–water partition coefficient (Wildman–Crippen LogP) is 10.4. The zero-order valence-corrected chi connectivity index (χ0v) is 29.4. The van der Waals surface area contributed by atoms with Crippen LogP contribution in [-0.2, 0) is 31.9 Å². The first-order chi connectivity index (χ1) is 29.0. The van der Waals surface area contributed by atoms with E-state index in [2.05, 4.69) is 43.9 Å². The van der Waals surface area contributed by atoms with Crippen molar-refractivity contribution in [1.29, 1.82) is 0 Å². The molecule has 6 nitrogen and oxygen atoms in total. The molecule has 0 spiro atoms. The summed E-state index contributed by atoms with van der Waals surface area (Å²) in [6.45, 7) is -5.01. The van der Waals surface area contributed by atoms with Gasteiger partial charge in [-0.15, -0.1) is 23.6 Å². The molecule has 3 aromatic heterocycles. The second-order valence-corrected chi connectivity index (χ2v) is 12.7. The van der Waals surface area contributed by atoms with Gasteiger partial charge >= 0.3 is 27.1 Å². The number of hydrogen-bond acceptors (Lipinski definition) is 3. The largest absolute Gasteiger partial charge is 2.00 e. The van der Waals surface area contributed by atoms with E-state index in [-0.39, 0.29) is 32.2 Å². The molecule has 0 saturated carbocycles. The Kier molecular flexibility index (Phi) is 5.34. The van der Waals surface area contributed by atoms with Crippen LogP contribution in [0.2, 0.25) is 0 Å². The van der Waals surface area contributed by atoms with E-state index in [0.717, 1.165) is 21.9 Å². The third-order valence-corrected chi connectivity index (χ3v) is 8.28. The van der Waals surface area contributed by atoms with Crippen molar-refractivity contribution in [2.45, 2.75) is 52.2 Å². The van der Waals surface area contributed by atoms with Crippen LogP contribution in [-0.4, -0.2) is 20.5 Å². The molecule has 8 rings (SSSR count). The van der Waals surface area contributed by atoms with Crippen molar-refractivity contribution in [3.05, 3.63) is 139 Å². The fraction of sp³-hybridized carbons (Fsp3) is 0.186. The molecule has 0 atom stereocenters. The molecule has 7 heteroatoms. The Morgan fingerprint density at radius 1 is 0.780 bits per heavy atom. The van der Waals surface area contributed by atoms with Gasteiger partial charge in [-0.05, 0) is 50.1 Å². The summed E-state index contributed by atoms with van der Waals surface area (Å²) < 4.78 is 120. The topological polar surface area (TPSA) is 46.0 Å². The van der Waals surface area contributed by atoms with Gasteiger partial charge in [0, 0.05) is 60.4 Å². The molecule has 7 aromatic rings. The molecule has 1 aliphatic heterocycles. The second-order valence-electron chi connectivity index (χ2n) is 12.7. The maximum Gasteiger partial charge on any atom is 2.00 e. The normalized spacial score (nSPS) is 17.3. The second kappa shape index (κ2) is 12.6. The molecule has 248 valence electrons. The van der Waals surface area contributed by atoms with Crippen LogP contribution >= 0.6 is 0 Å². The first-order valence-corrected chi connectivity index (χ1v) is 15.5. The minimum atomic E-state index is -3.80. The van der Waals surface area contributed by atoms with Crippen LogP contribution in [0.25, 0.3) is 27.6 Å². The quantitative estimate of drug-likeness (QED) is 0.128. The summed E-state index contributed by atoms with van der Waals surface area (Å²) in [5, 5.41) is 1.87. The molecule has 0 saturated heterocycles. The summed E-state index contributed by atoms with van der Waals surface area (Å²) in [4.78, 5) is 9.10. The van der Waals surface area contributed by atoms with Gasteiger partial charge in [-0.2, -0.15) is 12.1 Å². The van der Waals surface area contributed by atoms with Gasteiger partial charge in [-0.25, -0.2) is 4.98 Å². The van der Waals surface area contributed by atoms with Crippen molar-refractivity contribution >= 4 is 50.6 Å². The summed E-state index contributed by atoms with van der Waals surface area (Å²) in [6.07, 6.45) is 5.30. The molecule has 0 bridgehead atoms. The summed E-state index contributed by atoms with van der Waals surface area (Å²) in [5.74, 6) is 1.35. The van der Waals surface area contributed by atoms with Gasteiger partial charge in [0.05, 0.1) is 17.2 Å². The monoisotopic (exact) mass is 847 g/mol. The summed E-state index contributed by atoms with van der Waals surface area (Å²) >= 11 is 0. The minimum absolute atomic E-state index is 0. The molecular weight excluding hydrogens is 798 g/mol. The van der Waals surface area contributed by atoms with Crippen molar-refractivity contribution in [1.82, 2.24) is 23.7 Å². The molecule has 0 N–H and O–H groups in total. The fourth-order valence-electron chi connectivity index (χ4n) is 5.83. The van der Waals surface area contributed by atoms with Crippen LogP contribution in [0.15, 0.2) is 116 Å². The van der Waals surface area contributed by atoms with E-state index in [1.807, 2.05) is 28.8 Å². The van der Waals surface area contributed by atoms with E-state index in [1.165, 1.54) is 4.58 Å². The molecule has 4 heterocycles. The van der Waals surface area contributed by atoms with Gasteiger partial charge in [-0.1, -0.05) is 87.8 Å². The van der Waals surface area contributed by atoms with Crippen LogP contribution in [0.5, 0.6) is 11.5 Å². The van der Waals surface area contributed by atoms with Crippen molar-refractivity contribution in [2.75, 3.05) is 0 Å². The van der Waals surface area contributed by atoms with E-state index >= 15 is 0 Å². The van der Waals surface area contributed by atoms with Crippen molar-refractivity contribution in [3.8, 4) is 17.3 Å². The van der Waals surface area contributed by atoms with E-state index in [9.17, 15) is 0 Å². The number of rotatable bonds is 5. The van der Waals surface area contributed by atoms with Gasteiger partial charge in [0.2, 0.25) is 5.69 Å². The number of benzene rings is 4. The number of ether oxygens (including phenoxy) is 1. The van der Waals surface area contributed by atoms with Crippen LogP contribution in [0.4, 0.5) is 22.7 Å². The summed E-state index contributed by atoms with van der Waals surface area (Å²) in [6, 6.07) is 27.3. The standard InChI is InChI=1S/C43H37N5O.Pt/c1-42(2,3)29-14-16-31(17-15-29)46-28-47(38-13-8-7-12-37(38)46)32-10-9-11-33(25-32)49-34-18-19-35-36-21-22-44-27-40(36)48(39(35)26-34)41-24-30(20-23-45-41)43(4,5)6;/h7-24,27H,1-6H3;/q;+2/i1D3,2D3,3D3,14D,15D,16D,17D;. The SMILES string of the molecule is [2H]c1c([2H])c(C(C([2H])([2H])[2H])(C([2H])([2H])[2H])C([2H])([2H])[2H])c([2H])c([2H])c1[N+]1=C=[N+](c2[c-]c(Oc3[c-]c4c(cc3)c3ccncc3n4-c3cc(C(C)(C)C)ccn3)ccc2)c2ccccc21.[Pt+2]. The number of para-hydroxylation sites is 2. The molecule has 0 fully saturated rings. The molecule has 0 unspecified atom stereocenters. The number of nitrogens with zero attached hydrogens (tertiary/aromatic N) is 5. The van der Waals surface area contributed by atoms with Crippen molar-refractivity contribution in [2.24, 2.45) is 0 Å². The molecule has 0 radical (unpaired) electrons. The number of pyridine rings is 2. The van der Waals surface area contributed by atoms with E-state index in [1.54, 1.807) is 71.7 Å². The zero-order chi connectivity index (χ0) is 44.9. The van der Waals surface area contributed by atoms with E-state index in [4.69, 9.17) is 27.5 Å². The van der Waals surface area contributed by atoms with Crippen molar-refractivity contribution < 1.29 is 43.6 Å². The fourth-order valence-corrected chi connectivity index (χ4v) is 5.83. The van der Waals surface area contributed by atoms with Crippen molar-refractivity contribution in [3.63, 3.8) is 0 Å². The Balaban J connectivity index is 0.00000595. The van der Waals surface area contributed by atoms with Crippen LogP contribution in [0.1, 0.15) is 70.3 Å². The smallest absolute Gasteiger partial charge is 0.509 e. The van der Waals surface area contributed by atoms with Gasteiger partial charge in [-0.3, -0.25) is 4.98 Å². The molecule has 4 aromatic carbocycles. The van der Waals surface area contributed by atoms with E-state index in [0.29, 0.717) is 34.1 Å². The minimum Gasteiger partial charge on any atom is -0.509 e. The molecular formula is C43H37N5OPt+2. The van der Waals surface area contributed by atoms with Gasteiger partial charge in [0.25, 0.3) is 11.4 Å².